The van der Waals surface area contributed by atoms with Gasteiger partial charge in [-0.15, -0.1) is 11.3 Å². The molecule has 0 aliphatic heterocycles. The number of carbonyl (C=O) groups excluding carboxylic acids is 2. The first-order valence-corrected chi connectivity index (χ1v) is 6.99. The monoisotopic (exact) mass is 284 g/mol. The molecule has 1 atom stereocenters. The van der Waals surface area contributed by atoms with Crippen LogP contribution in [0.3, 0.4) is 0 Å². The summed E-state index contributed by atoms with van der Waals surface area (Å²) in [6, 6.07) is 0. The molecule has 6 nitrogen and oxygen atoms in total. The zero-order chi connectivity index (χ0) is 14.4. The largest absolute Gasteiger partial charge is 0.359 e. The first-order chi connectivity index (χ1) is 8.99. The van der Waals surface area contributed by atoms with Gasteiger partial charge in [-0.2, -0.15) is 0 Å². The molecule has 0 saturated heterocycles. The summed E-state index contributed by atoms with van der Waals surface area (Å²) in [5.41, 5.74) is 5.86. The van der Waals surface area contributed by atoms with Crippen LogP contribution in [-0.2, 0) is 11.2 Å². The van der Waals surface area contributed by atoms with Gasteiger partial charge < -0.3 is 16.0 Å². The zero-order valence-corrected chi connectivity index (χ0v) is 12.3. The molecule has 0 bridgehead atoms. The van der Waals surface area contributed by atoms with E-state index in [0.29, 0.717) is 25.2 Å². The number of thiazole rings is 1. The van der Waals surface area contributed by atoms with Crippen molar-refractivity contribution in [2.75, 3.05) is 27.2 Å². The molecule has 0 aliphatic carbocycles. The Hall–Kier alpha value is -1.47. The van der Waals surface area contributed by atoms with Gasteiger partial charge in [-0.25, -0.2) is 4.98 Å². The molecule has 1 unspecified atom stereocenters. The summed E-state index contributed by atoms with van der Waals surface area (Å²) in [5, 5.41) is 5.16. The minimum Gasteiger partial charge on any atom is -0.359 e. The average Bonchev–Trinajstić information content (AvgIpc) is 2.85. The van der Waals surface area contributed by atoms with E-state index in [2.05, 4.69) is 10.3 Å². The second-order valence-electron chi connectivity index (χ2n) is 4.37. The van der Waals surface area contributed by atoms with Gasteiger partial charge in [-0.3, -0.25) is 9.59 Å². The highest BCUT2D eigenvalue weighted by atomic mass is 32.1. The summed E-state index contributed by atoms with van der Waals surface area (Å²) in [6.07, 6.45) is 0.677. The van der Waals surface area contributed by atoms with Gasteiger partial charge in [-0.1, -0.05) is 6.92 Å². The van der Waals surface area contributed by atoms with Gasteiger partial charge in [0.25, 0.3) is 5.91 Å². The van der Waals surface area contributed by atoms with Crippen molar-refractivity contribution < 1.29 is 9.59 Å². The highest BCUT2D eigenvalue weighted by Crippen LogP contribution is 2.12. The lowest BCUT2D eigenvalue weighted by Crippen LogP contribution is -2.37. The standard InChI is InChI=1S/C12H20N4O2S/c1-8(11(17)14-2)6-16(3)12(18)9-7-19-10(15-9)4-5-13/h7-8H,4-6,13H2,1-3H3,(H,14,17). The van der Waals surface area contributed by atoms with E-state index in [-0.39, 0.29) is 17.7 Å². The van der Waals surface area contributed by atoms with Crippen LogP contribution in [0.2, 0.25) is 0 Å². The lowest BCUT2D eigenvalue weighted by atomic mass is 10.1. The van der Waals surface area contributed by atoms with Crippen molar-refractivity contribution in [1.29, 1.82) is 0 Å². The van der Waals surface area contributed by atoms with E-state index in [4.69, 9.17) is 5.73 Å². The van der Waals surface area contributed by atoms with Crippen LogP contribution in [0, 0.1) is 5.92 Å². The first-order valence-electron chi connectivity index (χ1n) is 6.11. The Morgan fingerprint density at radius 1 is 1.58 bits per heavy atom. The third kappa shape index (κ3) is 4.29. The number of hydrogen-bond acceptors (Lipinski definition) is 5. The van der Waals surface area contributed by atoms with Crippen molar-refractivity contribution in [2.45, 2.75) is 13.3 Å². The first kappa shape index (κ1) is 15.6. The van der Waals surface area contributed by atoms with Crippen LogP contribution < -0.4 is 11.1 Å². The van der Waals surface area contributed by atoms with Crippen molar-refractivity contribution in [3.8, 4) is 0 Å². The highest BCUT2D eigenvalue weighted by Gasteiger charge is 2.20. The Morgan fingerprint density at radius 3 is 2.84 bits per heavy atom. The number of nitrogens with zero attached hydrogens (tertiary/aromatic N) is 2. The number of nitrogens with two attached hydrogens (primary N) is 1. The smallest absolute Gasteiger partial charge is 0.273 e. The van der Waals surface area contributed by atoms with Crippen LogP contribution in [0.1, 0.15) is 22.4 Å². The Labute approximate surface area is 117 Å². The summed E-state index contributed by atoms with van der Waals surface area (Å²) in [7, 11) is 3.25. The number of nitrogens with one attached hydrogen (secondary N) is 1. The van der Waals surface area contributed by atoms with Crippen LogP contribution in [0.4, 0.5) is 0 Å². The molecule has 2 amide bonds. The Bertz CT molecular complexity index is 447. The van der Waals surface area contributed by atoms with Gasteiger partial charge in [-0.05, 0) is 6.54 Å². The minimum atomic E-state index is -0.249. The van der Waals surface area contributed by atoms with Gasteiger partial charge in [0.05, 0.1) is 10.9 Å². The number of hydrogen-bond donors (Lipinski definition) is 2. The normalized spacial score (nSPS) is 12.0. The Kier molecular flexibility index (Phi) is 5.91. The fraction of sp³-hybridized carbons (Fsp3) is 0.583. The molecular weight excluding hydrogens is 264 g/mol. The lowest BCUT2D eigenvalue weighted by molar-refractivity contribution is -0.124. The van der Waals surface area contributed by atoms with Crippen LogP contribution in [-0.4, -0.2) is 48.9 Å². The molecule has 3 N–H and O–H groups in total. The van der Waals surface area contributed by atoms with Crippen molar-refractivity contribution >= 4 is 23.2 Å². The van der Waals surface area contributed by atoms with E-state index in [1.54, 1.807) is 26.4 Å². The fourth-order valence-electron chi connectivity index (χ4n) is 1.67. The Balaban J connectivity index is 2.63. The number of aromatic nitrogens is 1. The predicted octanol–water partition coefficient (Wildman–Crippen LogP) is 0.0984. The molecule has 7 heteroatoms. The molecule has 1 heterocycles. The summed E-state index contributed by atoms with van der Waals surface area (Å²) in [4.78, 5) is 29.3. The second-order valence-corrected chi connectivity index (χ2v) is 5.31. The molecule has 1 aromatic heterocycles. The van der Waals surface area contributed by atoms with Gasteiger partial charge in [0.1, 0.15) is 5.69 Å². The van der Waals surface area contributed by atoms with Gasteiger partial charge in [0.15, 0.2) is 0 Å². The molecule has 0 fully saturated rings. The van der Waals surface area contributed by atoms with Crippen molar-refractivity contribution in [2.24, 2.45) is 11.7 Å². The number of rotatable bonds is 6. The van der Waals surface area contributed by atoms with Crippen LogP contribution >= 0.6 is 11.3 Å². The second kappa shape index (κ2) is 7.20. The van der Waals surface area contributed by atoms with Crippen LogP contribution in [0.25, 0.3) is 0 Å². The summed E-state index contributed by atoms with van der Waals surface area (Å²) in [5.74, 6) is -0.502. The maximum absolute atomic E-state index is 12.1. The van der Waals surface area contributed by atoms with E-state index >= 15 is 0 Å². The van der Waals surface area contributed by atoms with Gasteiger partial charge >= 0.3 is 0 Å². The molecular formula is C12H20N4O2S. The number of amides is 2. The SMILES string of the molecule is CNC(=O)C(C)CN(C)C(=O)c1csc(CCN)n1. The van der Waals surface area contributed by atoms with E-state index in [0.717, 1.165) is 5.01 Å². The number of carbonyl (C=O) groups is 2. The van der Waals surface area contributed by atoms with Gasteiger partial charge in [0, 0.05) is 32.4 Å². The third-order valence-electron chi connectivity index (χ3n) is 2.72. The summed E-state index contributed by atoms with van der Waals surface area (Å²) < 4.78 is 0. The molecule has 0 aliphatic rings. The molecule has 1 rings (SSSR count). The molecule has 1 aromatic rings. The zero-order valence-electron chi connectivity index (χ0n) is 11.5. The maximum atomic E-state index is 12.1. The molecule has 106 valence electrons. The van der Waals surface area contributed by atoms with E-state index in [1.807, 2.05) is 0 Å². The molecule has 0 spiro atoms. The maximum Gasteiger partial charge on any atom is 0.273 e. The molecule has 0 saturated carbocycles. The molecule has 0 aromatic carbocycles. The van der Waals surface area contributed by atoms with Crippen molar-refractivity contribution in [3.05, 3.63) is 16.1 Å². The lowest BCUT2D eigenvalue weighted by Gasteiger charge is -2.19. The van der Waals surface area contributed by atoms with Gasteiger partial charge in [0.2, 0.25) is 5.91 Å². The summed E-state index contributed by atoms with van der Waals surface area (Å²) >= 11 is 1.43. The Morgan fingerprint density at radius 2 is 2.26 bits per heavy atom. The average molecular weight is 284 g/mol. The minimum absolute atomic E-state index is 0.0817. The predicted molar refractivity (Wildman–Crippen MR) is 75.1 cm³/mol. The van der Waals surface area contributed by atoms with E-state index < -0.39 is 0 Å². The summed E-state index contributed by atoms with van der Waals surface area (Å²) in [6.45, 7) is 2.66. The third-order valence-corrected chi connectivity index (χ3v) is 3.63. The molecule has 0 radical (unpaired) electrons. The molecule has 19 heavy (non-hydrogen) atoms. The van der Waals surface area contributed by atoms with Crippen LogP contribution in [0.15, 0.2) is 5.38 Å². The highest BCUT2D eigenvalue weighted by molar-refractivity contribution is 7.09. The van der Waals surface area contributed by atoms with E-state index in [1.165, 1.54) is 16.2 Å². The quantitative estimate of drug-likeness (QED) is 0.775. The van der Waals surface area contributed by atoms with E-state index in [9.17, 15) is 9.59 Å². The fourth-order valence-corrected chi connectivity index (χ4v) is 2.45. The van der Waals surface area contributed by atoms with Crippen molar-refractivity contribution in [3.63, 3.8) is 0 Å². The van der Waals surface area contributed by atoms with Crippen molar-refractivity contribution in [1.82, 2.24) is 15.2 Å². The van der Waals surface area contributed by atoms with Crippen LogP contribution in [0.5, 0.6) is 0 Å². The topological polar surface area (TPSA) is 88.3 Å².